The van der Waals surface area contributed by atoms with Gasteiger partial charge in [-0.3, -0.25) is 4.79 Å². The number of hydrogen-bond acceptors (Lipinski definition) is 6. The Kier molecular flexibility index (Phi) is 4.94. The van der Waals surface area contributed by atoms with E-state index in [0.717, 1.165) is 36.0 Å². The number of amides is 1. The third-order valence-corrected chi connectivity index (χ3v) is 5.81. The van der Waals surface area contributed by atoms with Crippen molar-refractivity contribution in [3.63, 3.8) is 0 Å². The third kappa shape index (κ3) is 3.73. The molecular weight excluding hydrogens is 364 g/mol. The van der Waals surface area contributed by atoms with Gasteiger partial charge in [0, 0.05) is 12.6 Å². The van der Waals surface area contributed by atoms with Crippen molar-refractivity contribution in [2.75, 3.05) is 13.2 Å². The highest BCUT2D eigenvalue weighted by molar-refractivity contribution is 7.21. The first-order valence-corrected chi connectivity index (χ1v) is 9.86. The number of carbonyl (C=O) groups is 2. The second kappa shape index (κ2) is 7.52. The molecule has 0 spiro atoms. The summed E-state index contributed by atoms with van der Waals surface area (Å²) in [4.78, 5) is 30.8. The molecule has 27 heavy (non-hydrogen) atoms. The predicted octanol–water partition coefficient (Wildman–Crippen LogP) is 4.11. The minimum atomic E-state index is -0.639. The van der Waals surface area contributed by atoms with Crippen LogP contribution >= 0.6 is 11.3 Å². The van der Waals surface area contributed by atoms with Gasteiger partial charge in [0.25, 0.3) is 5.91 Å². The van der Waals surface area contributed by atoms with Crippen molar-refractivity contribution in [1.29, 1.82) is 0 Å². The van der Waals surface area contributed by atoms with E-state index >= 15 is 0 Å². The summed E-state index contributed by atoms with van der Waals surface area (Å²) in [5.41, 5.74) is 0.888. The second-order valence-corrected chi connectivity index (χ2v) is 7.69. The zero-order valence-electron chi connectivity index (χ0n) is 15.0. The number of furan rings is 1. The van der Waals surface area contributed by atoms with Gasteiger partial charge in [-0.1, -0.05) is 12.1 Å². The highest BCUT2D eigenvalue weighted by atomic mass is 32.1. The Morgan fingerprint density at radius 3 is 2.93 bits per heavy atom. The lowest BCUT2D eigenvalue weighted by atomic mass is 10.0. The number of para-hydroxylation sites is 1. The molecule has 0 unspecified atom stereocenters. The Bertz CT molecular complexity index is 944. The maximum atomic E-state index is 12.3. The Morgan fingerprint density at radius 1 is 1.26 bits per heavy atom. The van der Waals surface area contributed by atoms with E-state index in [1.165, 1.54) is 11.3 Å². The lowest BCUT2D eigenvalue weighted by molar-refractivity contribution is -0.137. The van der Waals surface area contributed by atoms with Crippen molar-refractivity contribution < 1.29 is 18.7 Å². The van der Waals surface area contributed by atoms with Gasteiger partial charge < -0.3 is 14.1 Å². The Labute approximate surface area is 160 Å². The standard InChI is InChI=1S/C20H20N2O4S/c1-13-6-4-5-11-22(13)18(23)12-25-20(24)16-10-9-15(26-16)19-21-14-7-2-3-8-17(14)27-19/h2-3,7-10,13H,4-6,11-12H2,1H3/t13-/m1/s1. The van der Waals surface area contributed by atoms with Gasteiger partial charge in [-0.25, -0.2) is 9.78 Å². The topological polar surface area (TPSA) is 72.6 Å². The zero-order valence-corrected chi connectivity index (χ0v) is 15.8. The molecular formula is C20H20N2O4S. The summed E-state index contributed by atoms with van der Waals surface area (Å²) in [6, 6.07) is 11.2. The number of piperidine rings is 1. The van der Waals surface area contributed by atoms with E-state index in [4.69, 9.17) is 9.15 Å². The number of thiazole rings is 1. The number of esters is 1. The second-order valence-electron chi connectivity index (χ2n) is 6.66. The summed E-state index contributed by atoms with van der Waals surface area (Å²) in [6.07, 6.45) is 3.11. The molecule has 0 N–H and O–H groups in total. The quantitative estimate of drug-likeness (QED) is 0.633. The van der Waals surface area contributed by atoms with Crippen molar-refractivity contribution in [3.8, 4) is 10.8 Å². The predicted molar refractivity (Wildman–Crippen MR) is 103 cm³/mol. The molecule has 1 aliphatic heterocycles. The molecule has 6 nitrogen and oxygen atoms in total. The van der Waals surface area contributed by atoms with Crippen LogP contribution in [-0.4, -0.2) is 41.0 Å². The summed E-state index contributed by atoms with van der Waals surface area (Å²) in [6.45, 7) is 2.48. The number of carbonyl (C=O) groups excluding carboxylic acids is 2. The molecule has 0 radical (unpaired) electrons. The van der Waals surface area contributed by atoms with Gasteiger partial charge in [0.1, 0.15) is 0 Å². The molecule has 4 rings (SSSR count). The largest absolute Gasteiger partial charge is 0.450 e. The fourth-order valence-corrected chi connectivity index (χ4v) is 4.22. The van der Waals surface area contributed by atoms with Crippen molar-refractivity contribution in [2.45, 2.75) is 32.2 Å². The number of fused-ring (bicyclic) bond motifs is 1. The number of aromatic nitrogens is 1. The fraction of sp³-hybridized carbons (Fsp3) is 0.350. The molecule has 3 aromatic rings. The van der Waals surface area contributed by atoms with E-state index in [9.17, 15) is 9.59 Å². The fourth-order valence-electron chi connectivity index (χ4n) is 3.29. The molecule has 1 fully saturated rings. The lowest BCUT2D eigenvalue weighted by Crippen LogP contribution is -2.44. The van der Waals surface area contributed by atoms with Crippen LogP contribution in [-0.2, 0) is 9.53 Å². The molecule has 3 heterocycles. The van der Waals surface area contributed by atoms with Gasteiger partial charge in [-0.15, -0.1) is 11.3 Å². The van der Waals surface area contributed by atoms with E-state index < -0.39 is 5.97 Å². The smallest absolute Gasteiger partial charge is 0.374 e. The number of rotatable bonds is 4. The molecule has 140 valence electrons. The van der Waals surface area contributed by atoms with Gasteiger partial charge >= 0.3 is 5.97 Å². The number of likely N-dealkylation sites (tertiary alicyclic amines) is 1. The van der Waals surface area contributed by atoms with E-state index in [1.54, 1.807) is 17.0 Å². The summed E-state index contributed by atoms with van der Waals surface area (Å²) in [5.74, 6) is -0.211. The first kappa shape index (κ1) is 17.7. The first-order chi connectivity index (χ1) is 13.1. The third-order valence-electron chi connectivity index (χ3n) is 4.76. The lowest BCUT2D eigenvalue weighted by Gasteiger charge is -2.33. The molecule has 0 bridgehead atoms. The van der Waals surface area contributed by atoms with Crippen molar-refractivity contribution in [3.05, 3.63) is 42.2 Å². The van der Waals surface area contributed by atoms with E-state index in [2.05, 4.69) is 4.98 Å². The normalized spacial score (nSPS) is 17.2. The molecule has 2 aromatic heterocycles. The minimum absolute atomic E-state index is 0.0729. The Balaban J connectivity index is 1.40. The monoisotopic (exact) mass is 384 g/mol. The van der Waals surface area contributed by atoms with Gasteiger partial charge in [-0.05, 0) is 50.5 Å². The van der Waals surface area contributed by atoms with Crippen LogP contribution in [0.15, 0.2) is 40.8 Å². The SMILES string of the molecule is C[C@@H]1CCCCN1C(=O)COC(=O)c1ccc(-c2nc3ccccc3s2)o1. The van der Waals surface area contributed by atoms with E-state index in [1.807, 2.05) is 31.2 Å². The molecule has 0 aliphatic carbocycles. The van der Waals surface area contributed by atoms with Crippen molar-refractivity contribution in [2.24, 2.45) is 0 Å². The van der Waals surface area contributed by atoms with Gasteiger partial charge in [0.15, 0.2) is 17.4 Å². The average Bonchev–Trinajstić information content (AvgIpc) is 3.33. The number of nitrogens with zero attached hydrogens (tertiary/aromatic N) is 2. The molecule has 1 saturated heterocycles. The summed E-state index contributed by atoms with van der Waals surface area (Å²) in [7, 11) is 0. The molecule has 1 amide bonds. The Hall–Kier alpha value is -2.67. The van der Waals surface area contributed by atoms with Crippen LogP contribution in [0, 0.1) is 0 Å². The number of benzene rings is 1. The minimum Gasteiger partial charge on any atom is -0.450 e. The molecule has 1 aliphatic rings. The molecule has 0 saturated carbocycles. The average molecular weight is 384 g/mol. The highest BCUT2D eigenvalue weighted by Gasteiger charge is 2.25. The highest BCUT2D eigenvalue weighted by Crippen LogP contribution is 2.31. The van der Waals surface area contributed by atoms with Crippen LogP contribution in [0.2, 0.25) is 0 Å². The number of hydrogen-bond donors (Lipinski definition) is 0. The molecule has 1 atom stereocenters. The van der Waals surface area contributed by atoms with Gasteiger partial charge in [-0.2, -0.15) is 0 Å². The van der Waals surface area contributed by atoms with Crippen LogP contribution in [0.3, 0.4) is 0 Å². The maximum Gasteiger partial charge on any atom is 0.374 e. The van der Waals surface area contributed by atoms with Gasteiger partial charge in [0.05, 0.1) is 10.2 Å². The van der Waals surface area contributed by atoms with Crippen molar-refractivity contribution >= 4 is 33.4 Å². The molecule has 1 aromatic carbocycles. The van der Waals surface area contributed by atoms with Crippen LogP contribution in [0.1, 0.15) is 36.7 Å². The summed E-state index contributed by atoms with van der Waals surface area (Å²) < 4.78 is 11.8. The van der Waals surface area contributed by atoms with E-state index in [-0.39, 0.29) is 24.3 Å². The van der Waals surface area contributed by atoms with Crippen LogP contribution in [0.25, 0.3) is 21.0 Å². The maximum absolute atomic E-state index is 12.3. The Morgan fingerprint density at radius 2 is 2.11 bits per heavy atom. The van der Waals surface area contributed by atoms with Crippen molar-refractivity contribution in [1.82, 2.24) is 9.88 Å². The number of ether oxygens (including phenoxy) is 1. The summed E-state index contributed by atoms with van der Waals surface area (Å²) in [5, 5.41) is 0.702. The summed E-state index contributed by atoms with van der Waals surface area (Å²) >= 11 is 1.49. The zero-order chi connectivity index (χ0) is 18.8. The van der Waals surface area contributed by atoms with Crippen LogP contribution in [0.5, 0.6) is 0 Å². The first-order valence-electron chi connectivity index (χ1n) is 9.04. The van der Waals surface area contributed by atoms with E-state index in [0.29, 0.717) is 10.8 Å². The molecule has 7 heteroatoms. The van der Waals surface area contributed by atoms with Crippen LogP contribution < -0.4 is 0 Å². The van der Waals surface area contributed by atoms with Crippen LogP contribution in [0.4, 0.5) is 0 Å². The van der Waals surface area contributed by atoms with Gasteiger partial charge in [0.2, 0.25) is 5.76 Å².